The SMILES string of the molecule is C#CCCC(=O)NC1(CCB2OC3CC4CC(C4(C)C)C3(C)O2)C=CC=CC1C(=O)OCOC(=O)C(C)(C)C. The highest BCUT2D eigenvalue weighted by Gasteiger charge is 2.67. The molecule has 0 radical (unpaired) electrons. The van der Waals surface area contributed by atoms with Gasteiger partial charge in [-0.15, -0.1) is 12.3 Å². The van der Waals surface area contributed by atoms with Crippen molar-refractivity contribution < 1.29 is 33.2 Å². The fraction of sp³-hybridized carbons (Fsp3) is 0.700. The smallest absolute Gasteiger partial charge is 0.427 e. The number of rotatable bonds is 9. The van der Waals surface area contributed by atoms with Crippen LogP contribution in [0.3, 0.4) is 0 Å². The summed E-state index contributed by atoms with van der Waals surface area (Å²) in [5.74, 6) is 1.38. The Kier molecular flexibility index (Phi) is 8.13. The first-order valence-electron chi connectivity index (χ1n) is 14.0. The molecular weight excluding hydrogens is 497 g/mol. The second-order valence-corrected chi connectivity index (χ2v) is 13.2. The Hall–Kier alpha value is -2.57. The summed E-state index contributed by atoms with van der Waals surface area (Å²) in [6.45, 7) is 11.5. The van der Waals surface area contributed by atoms with Gasteiger partial charge in [-0.25, -0.2) is 0 Å². The molecule has 1 aliphatic heterocycles. The van der Waals surface area contributed by atoms with Crippen LogP contribution in [0.15, 0.2) is 24.3 Å². The van der Waals surface area contributed by atoms with Gasteiger partial charge >= 0.3 is 19.1 Å². The van der Waals surface area contributed by atoms with Crippen molar-refractivity contribution in [3.8, 4) is 12.3 Å². The number of allylic oxidation sites excluding steroid dienone is 2. The molecule has 4 fully saturated rings. The van der Waals surface area contributed by atoms with Gasteiger partial charge in [0, 0.05) is 12.8 Å². The van der Waals surface area contributed by atoms with Crippen LogP contribution in [0.2, 0.25) is 6.32 Å². The van der Waals surface area contributed by atoms with Crippen molar-refractivity contribution in [2.45, 2.75) is 97.2 Å². The molecule has 1 heterocycles. The summed E-state index contributed by atoms with van der Waals surface area (Å²) in [5.41, 5.74) is -1.91. The summed E-state index contributed by atoms with van der Waals surface area (Å²) in [7, 11) is -0.446. The Morgan fingerprint density at radius 2 is 1.90 bits per heavy atom. The van der Waals surface area contributed by atoms with Gasteiger partial charge in [0.2, 0.25) is 12.7 Å². The van der Waals surface area contributed by atoms with Gasteiger partial charge in [0.15, 0.2) is 0 Å². The van der Waals surface area contributed by atoms with E-state index in [9.17, 15) is 14.4 Å². The lowest BCUT2D eigenvalue weighted by Crippen LogP contribution is -2.65. The van der Waals surface area contributed by atoms with Gasteiger partial charge in [-0.05, 0) is 70.5 Å². The lowest BCUT2D eigenvalue weighted by molar-refractivity contribution is -0.199. The van der Waals surface area contributed by atoms with Gasteiger partial charge in [0.25, 0.3) is 0 Å². The van der Waals surface area contributed by atoms with E-state index in [0.29, 0.717) is 24.6 Å². The summed E-state index contributed by atoms with van der Waals surface area (Å²) < 4.78 is 23.5. The molecule has 2 bridgehead atoms. The highest BCUT2D eigenvalue weighted by Crippen LogP contribution is 2.65. The maximum absolute atomic E-state index is 13.3. The van der Waals surface area contributed by atoms with Gasteiger partial charge in [-0.2, -0.15) is 0 Å². The molecule has 0 spiro atoms. The Morgan fingerprint density at radius 3 is 2.56 bits per heavy atom. The number of terminal acetylenes is 1. The molecule has 0 aromatic carbocycles. The van der Waals surface area contributed by atoms with Gasteiger partial charge < -0.3 is 24.1 Å². The molecule has 1 N–H and O–H groups in total. The minimum Gasteiger partial charge on any atom is -0.427 e. The maximum Gasteiger partial charge on any atom is 0.457 e. The second-order valence-electron chi connectivity index (χ2n) is 13.2. The third kappa shape index (κ3) is 5.69. The van der Waals surface area contributed by atoms with Gasteiger partial charge in [-0.1, -0.05) is 38.2 Å². The van der Waals surface area contributed by atoms with E-state index >= 15 is 0 Å². The first-order valence-corrected chi connectivity index (χ1v) is 14.0. The number of ether oxygens (including phenoxy) is 2. The number of hydrogen-bond acceptors (Lipinski definition) is 7. The van der Waals surface area contributed by atoms with Gasteiger partial charge in [0.05, 0.1) is 22.7 Å². The lowest BCUT2D eigenvalue weighted by Gasteiger charge is -2.64. The number of carbonyl (C=O) groups excluding carboxylic acids is 3. The number of amides is 1. The maximum atomic E-state index is 13.3. The normalized spacial score (nSPS) is 33.9. The van der Waals surface area contributed by atoms with Crippen molar-refractivity contribution in [3.63, 3.8) is 0 Å². The van der Waals surface area contributed by atoms with Crippen LogP contribution in [0.1, 0.15) is 73.6 Å². The lowest BCUT2D eigenvalue weighted by atomic mass is 9.43. The van der Waals surface area contributed by atoms with Crippen molar-refractivity contribution in [3.05, 3.63) is 24.3 Å². The summed E-state index contributed by atoms with van der Waals surface area (Å²) in [6.07, 6.45) is 15.9. The first kappa shape index (κ1) is 29.4. The zero-order valence-corrected chi connectivity index (χ0v) is 24.1. The number of nitrogens with one attached hydrogen (secondary N) is 1. The standard InChI is InChI=1S/C30H42BNO7/c1-8-9-13-24(33)32-30(14-11-10-12-21(30)25(34)36-19-37-26(35)27(2,3)4)15-16-31-38-23-18-20-17-22(28(20,5)6)29(23,7)39-31/h1,10-12,14,20-23H,9,13,15-19H2,2-7H3,(H,32,33). The van der Waals surface area contributed by atoms with Crippen LogP contribution in [0, 0.1) is 40.9 Å². The topological polar surface area (TPSA) is 100 Å². The molecule has 0 aromatic heterocycles. The van der Waals surface area contributed by atoms with Crippen LogP contribution >= 0.6 is 0 Å². The minimum absolute atomic E-state index is 0.0421. The summed E-state index contributed by atoms with van der Waals surface area (Å²) in [6, 6.07) is 0. The molecule has 6 atom stereocenters. The highest BCUT2D eigenvalue weighted by molar-refractivity contribution is 6.45. The number of esters is 2. The predicted octanol–water partition coefficient (Wildman–Crippen LogP) is 4.21. The Bertz CT molecular complexity index is 1090. The molecule has 9 heteroatoms. The third-order valence-electron chi connectivity index (χ3n) is 9.28. The van der Waals surface area contributed by atoms with Crippen molar-refractivity contribution >= 4 is 25.0 Å². The Balaban J connectivity index is 1.47. The molecular formula is C30H42BNO7. The zero-order chi connectivity index (χ0) is 28.6. The van der Waals surface area contributed by atoms with Crippen LogP contribution < -0.4 is 5.32 Å². The van der Waals surface area contributed by atoms with Crippen LogP contribution in [-0.2, 0) is 33.2 Å². The molecule has 39 heavy (non-hydrogen) atoms. The van der Waals surface area contributed by atoms with Crippen molar-refractivity contribution in [1.29, 1.82) is 0 Å². The van der Waals surface area contributed by atoms with Crippen LogP contribution in [-0.4, -0.2) is 49.0 Å². The quantitative estimate of drug-likeness (QED) is 0.203. The Morgan fingerprint density at radius 1 is 1.15 bits per heavy atom. The fourth-order valence-corrected chi connectivity index (χ4v) is 6.77. The largest absolute Gasteiger partial charge is 0.457 e. The molecule has 8 nitrogen and oxygen atoms in total. The van der Waals surface area contributed by atoms with E-state index < -0.39 is 42.7 Å². The van der Waals surface area contributed by atoms with E-state index in [1.54, 1.807) is 39.0 Å². The average molecular weight is 539 g/mol. The van der Waals surface area contributed by atoms with E-state index in [1.165, 1.54) is 0 Å². The second kappa shape index (κ2) is 10.8. The van der Waals surface area contributed by atoms with Crippen LogP contribution in [0.5, 0.6) is 0 Å². The van der Waals surface area contributed by atoms with Gasteiger partial charge in [-0.3, -0.25) is 14.4 Å². The van der Waals surface area contributed by atoms with E-state index in [1.807, 2.05) is 6.08 Å². The molecule has 0 aromatic rings. The molecule has 3 saturated carbocycles. The van der Waals surface area contributed by atoms with Crippen LogP contribution in [0.4, 0.5) is 0 Å². The molecule has 6 unspecified atom stereocenters. The molecule has 5 rings (SSSR count). The molecule has 4 aliphatic carbocycles. The Labute approximate surface area is 232 Å². The summed E-state index contributed by atoms with van der Waals surface area (Å²) in [4.78, 5) is 38.3. The molecule has 212 valence electrons. The van der Waals surface area contributed by atoms with E-state index in [-0.39, 0.29) is 35.9 Å². The van der Waals surface area contributed by atoms with Crippen molar-refractivity contribution in [1.82, 2.24) is 5.32 Å². The number of hydrogen-bond donors (Lipinski definition) is 1. The molecule has 1 amide bonds. The van der Waals surface area contributed by atoms with Crippen LogP contribution in [0.25, 0.3) is 0 Å². The zero-order valence-electron chi connectivity index (χ0n) is 24.1. The monoisotopic (exact) mass is 539 g/mol. The van der Waals surface area contributed by atoms with E-state index in [0.717, 1.165) is 12.8 Å². The van der Waals surface area contributed by atoms with E-state index in [2.05, 4.69) is 32.0 Å². The molecule has 1 saturated heterocycles. The first-order chi connectivity index (χ1) is 18.2. The summed E-state index contributed by atoms with van der Waals surface area (Å²) in [5, 5.41) is 3.06. The summed E-state index contributed by atoms with van der Waals surface area (Å²) >= 11 is 0. The molecule has 5 aliphatic rings. The van der Waals surface area contributed by atoms with Crippen molar-refractivity contribution in [2.24, 2.45) is 28.6 Å². The number of carbonyl (C=O) groups is 3. The third-order valence-corrected chi connectivity index (χ3v) is 9.28. The fourth-order valence-electron chi connectivity index (χ4n) is 6.77. The highest BCUT2D eigenvalue weighted by atomic mass is 16.7. The average Bonchev–Trinajstić information content (AvgIpc) is 3.22. The minimum atomic E-state index is -1.08. The van der Waals surface area contributed by atoms with Crippen molar-refractivity contribution in [2.75, 3.05) is 6.79 Å². The van der Waals surface area contributed by atoms with E-state index in [4.69, 9.17) is 25.2 Å². The predicted molar refractivity (Wildman–Crippen MR) is 147 cm³/mol. The van der Waals surface area contributed by atoms with Gasteiger partial charge in [0.1, 0.15) is 5.92 Å².